The lowest BCUT2D eigenvalue weighted by Gasteiger charge is -2.31. The maximum atomic E-state index is 12.1. The molecular formula is C21H19N3O2. The number of H-pyrrole nitrogens is 1. The molecule has 2 aromatic heterocycles. The van der Waals surface area contributed by atoms with Crippen molar-refractivity contribution in [3.05, 3.63) is 71.8 Å². The summed E-state index contributed by atoms with van der Waals surface area (Å²) < 4.78 is 0. The van der Waals surface area contributed by atoms with Crippen LogP contribution in [0.25, 0.3) is 16.5 Å². The molecular weight excluding hydrogens is 326 g/mol. The predicted octanol–water partition coefficient (Wildman–Crippen LogP) is 4.25. The van der Waals surface area contributed by atoms with Gasteiger partial charge in [0.15, 0.2) is 0 Å². The van der Waals surface area contributed by atoms with Crippen molar-refractivity contribution in [1.29, 1.82) is 0 Å². The number of nitrogens with zero attached hydrogens (tertiary/aromatic N) is 2. The largest absolute Gasteiger partial charge is 0.481 e. The SMILES string of the molecule is CC1=NC(C)=C(c2cccnc2)C(c2cc3ccccc3[nH]2)C1C(=O)O. The number of rotatable bonds is 3. The van der Waals surface area contributed by atoms with Gasteiger partial charge in [0, 0.05) is 40.9 Å². The van der Waals surface area contributed by atoms with Crippen LogP contribution in [0.5, 0.6) is 0 Å². The summed E-state index contributed by atoms with van der Waals surface area (Å²) in [6, 6.07) is 13.8. The average molecular weight is 345 g/mol. The number of aromatic nitrogens is 2. The van der Waals surface area contributed by atoms with Crippen LogP contribution >= 0.6 is 0 Å². The number of fused-ring (bicyclic) bond motifs is 1. The Hall–Kier alpha value is -3.21. The number of benzene rings is 1. The molecule has 0 fully saturated rings. The fourth-order valence-electron chi connectivity index (χ4n) is 3.86. The second kappa shape index (κ2) is 6.26. The van der Waals surface area contributed by atoms with Crippen molar-refractivity contribution >= 4 is 28.2 Å². The van der Waals surface area contributed by atoms with Crippen LogP contribution in [0.3, 0.4) is 0 Å². The Morgan fingerprint density at radius 3 is 2.65 bits per heavy atom. The third-order valence-electron chi connectivity index (χ3n) is 4.95. The smallest absolute Gasteiger partial charge is 0.313 e. The summed E-state index contributed by atoms with van der Waals surface area (Å²) in [6.07, 6.45) is 3.48. The number of hydrogen-bond donors (Lipinski definition) is 2. The van der Waals surface area contributed by atoms with Gasteiger partial charge in [0.2, 0.25) is 0 Å². The van der Waals surface area contributed by atoms with Gasteiger partial charge < -0.3 is 10.1 Å². The molecule has 5 nitrogen and oxygen atoms in total. The van der Waals surface area contributed by atoms with Gasteiger partial charge in [-0.2, -0.15) is 0 Å². The maximum Gasteiger partial charge on any atom is 0.313 e. The van der Waals surface area contributed by atoms with Gasteiger partial charge in [0.25, 0.3) is 0 Å². The molecule has 0 amide bonds. The number of nitrogens with one attached hydrogen (secondary N) is 1. The number of allylic oxidation sites excluding steroid dienone is 2. The molecule has 1 aliphatic rings. The van der Waals surface area contributed by atoms with Crippen LogP contribution in [0.4, 0.5) is 0 Å². The Labute approximate surface area is 151 Å². The van der Waals surface area contributed by atoms with Gasteiger partial charge in [0.05, 0.1) is 0 Å². The highest BCUT2D eigenvalue weighted by atomic mass is 16.4. The highest BCUT2D eigenvalue weighted by Crippen LogP contribution is 2.44. The molecule has 0 aliphatic carbocycles. The molecule has 2 unspecified atom stereocenters. The van der Waals surface area contributed by atoms with Crippen LogP contribution in [-0.4, -0.2) is 26.8 Å². The number of aromatic amines is 1. The highest BCUT2D eigenvalue weighted by Gasteiger charge is 2.39. The van der Waals surface area contributed by atoms with E-state index in [2.05, 4.69) is 15.0 Å². The van der Waals surface area contributed by atoms with Gasteiger partial charge in [-0.1, -0.05) is 24.3 Å². The van der Waals surface area contributed by atoms with Crippen LogP contribution in [0.2, 0.25) is 0 Å². The number of pyridine rings is 1. The number of aliphatic imine (C=N–C) groups is 1. The topological polar surface area (TPSA) is 78.3 Å². The van der Waals surface area contributed by atoms with Gasteiger partial charge >= 0.3 is 5.97 Å². The average Bonchev–Trinajstić information content (AvgIpc) is 3.05. The molecule has 3 aromatic rings. The summed E-state index contributed by atoms with van der Waals surface area (Å²) in [6.45, 7) is 3.72. The number of carboxylic acids is 1. The second-order valence-corrected chi connectivity index (χ2v) is 6.60. The minimum atomic E-state index is -0.871. The van der Waals surface area contributed by atoms with E-state index >= 15 is 0 Å². The van der Waals surface area contributed by atoms with Crippen molar-refractivity contribution in [3.8, 4) is 0 Å². The molecule has 3 heterocycles. The zero-order valence-corrected chi connectivity index (χ0v) is 14.6. The Bertz CT molecular complexity index is 1010. The predicted molar refractivity (Wildman–Crippen MR) is 102 cm³/mol. The molecule has 0 bridgehead atoms. The third-order valence-corrected chi connectivity index (χ3v) is 4.95. The number of hydrogen-bond acceptors (Lipinski definition) is 3. The van der Waals surface area contributed by atoms with E-state index in [0.717, 1.165) is 33.4 Å². The Morgan fingerprint density at radius 2 is 1.96 bits per heavy atom. The maximum absolute atomic E-state index is 12.1. The van der Waals surface area contributed by atoms with Gasteiger partial charge in [0.1, 0.15) is 5.92 Å². The summed E-state index contributed by atoms with van der Waals surface area (Å²) in [7, 11) is 0. The van der Waals surface area contributed by atoms with Crippen molar-refractivity contribution < 1.29 is 9.90 Å². The van der Waals surface area contributed by atoms with Crippen molar-refractivity contribution in [2.24, 2.45) is 10.9 Å². The molecule has 26 heavy (non-hydrogen) atoms. The lowest BCUT2D eigenvalue weighted by molar-refractivity contribution is -0.139. The molecule has 0 spiro atoms. The first kappa shape index (κ1) is 16.3. The highest BCUT2D eigenvalue weighted by molar-refractivity contribution is 6.06. The van der Waals surface area contributed by atoms with Gasteiger partial charge in [-0.3, -0.25) is 14.8 Å². The van der Waals surface area contributed by atoms with E-state index in [4.69, 9.17) is 0 Å². The summed E-state index contributed by atoms with van der Waals surface area (Å²) in [5.41, 5.74) is 5.13. The first-order valence-corrected chi connectivity index (χ1v) is 8.53. The van der Waals surface area contributed by atoms with E-state index in [1.54, 1.807) is 19.3 Å². The Kier molecular flexibility index (Phi) is 3.92. The fraction of sp³-hybridized carbons (Fsp3) is 0.190. The molecule has 130 valence electrons. The van der Waals surface area contributed by atoms with Crippen molar-refractivity contribution in [1.82, 2.24) is 9.97 Å². The van der Waals surface area contributed by atoms with E-state index in [0.29, 0.717) is 5.71 Å². The molecule has 5 heteroatoms. The van der Waals surface area contributed by atoms with E-state index < -0.39 is 11.9 Å². The summed E-state index contributed by atoms with van der Waals surface area (Å²) in [5.74, 6) is -1.94. The van der Waals surface area contributed by atoms with E-state index in [-0.39, 0.29) is 5.92 Å². The van der Waals surface area contributed by atoms with Crippen LogP contribution in [0, 0.1) is 5.92 Å². The molecule has 1 aromatic carbocycles. The van der Waals surface area contributed by atoms with Crippen molar-refractivity contribution in [2.75, 3.05) is 0 Å². The van der Waals surface area contributed by atoms with E-state index in [1.807, 2.05) is 49.4 Å². The molecule has 0 radical (unpaired) electrons. The van der Waals surface area contributed by atoms with E-state index in [1.165, 1.54) is 0 Å². The van der Waals surface area contributed by atoms with Crippen molar-refractivity contribution in [2.45, 2.75) is 19.8 Å². The molecule has 4 rings (SSSR count). The summed E-state index contributed by atoms with van der Waals surface area (Å²) in [5, 5.41) is 11.0. The molecule has 2 N–H and O–H groups in total. The second-order valence-electron chi connectivity index (χ2n) is 6.60. The quantitative estimate of drug-likeness (QED) is 0.745. The van der Waals surface area contributed by atoms with Crippen LogP contribution in [-0.2, 0) is 4.79 Å². The first-order chi connectivity index (χ1) is 12.6. The third kappa shape index (κ3) is 2.62. The summed E-state index contributed by atoms with van der Waals surface area (Å²) in [4.78, 5) is 24.3. The Balaban J connectivity index is 1.96. The lowest BCUT2D eigenvalue weighted by atomic mass is 9.76. The van der Waals surface area contributed by atoms with Gasteiger partial charge in [-0.15, -0.1) is 0 Å². The number of para-hydroxylation sites is 1. The van der Waals surface area contributed by atoms with Crippen LogP contribution in [0.15, 0.2) is 65.5 Å². The van der Waals surface area contributed by atoms with Gasteiger partial charge in [-0.25, -0.2) is 0 Å². The Morgan fingerprint density at radius 1 is 1.15 bits per heavy atom. The van der Waals surface area contributed by atoms with Crippen LogP contribution in [0.1, 0.15) is 31.0 Å². The van der Waals surface area contributed by atoms with E-state index in [9.17, 15) is 9.90 Å². The number of aliphatic carboxylic acids is 1. The number of carbonyl (C=O) groups is 1. The molecule has 0 saturated heterocycles. The molecule has 0 saturated carbocycles. The first-order valence-electron chi connectivity index (χ1n) is 8.53. The standard InChI is InChI=1S/C21H19N3O2/c1-12-18(15-7-5-9-22-11-15)20(19(21(25)26)13(2)23-12)17-10-14-6-3-4-8-16(14)24-17/h3-11,19-20,24H,1-2H3,(H,25,26). The minimum absolute atomic E-state index is 0.346. The normalized spacial score (nSPS) is 20.3. The molecule has 2 atom stereocenters. The van der Waals surface area contributed by atoms with Crippen molar-refractivity contribution in [3.63, 3.8) is 0 Å². The minimum Gasteiger partial charge on any atom is -0.481 e. The van der Waals surface area contributed by atoms with Crippen LogP contribution < -0.4 is 0 Å². The van der Waals surface area contributed by atoms with Gasteiger partial charge in [-0.05, 0) is 48.6 Å². The molecule has 1 aliphatic heterocycles. The lowest BCUT2D eigenvalue weighted by Crippen LogP contribution is -2.32. The number of carboxylic acid groups (broad SMARTS) is 1. The zero-order chi connectivity index (χ0) is 18.3. The fourth-order valence-corrected chi connectivity index (χ4v) is 3.86. The monoisotopic (exact) mass is 345 g/mol. The summed E-state index contributed by atoms with van der Waals surface area (Å²) >= 11 is 0. The zero-order valence-electron chi connectivity index (χ0n) is 14.6.